The predicted octanol–water partition coefficient (Wildman–Crippen LogP) is 2.90. The second-order valence-corrected chi connectivity index (χ2v) is 5.51. The van der Waals surface area contributed by atoms with E-state index in [1.165, 1.54) is 6.07 Å². The van der Waals surface area contributed by atoms with Crippen molar-refractivity contribution in [3.05, 3.63) is 53.4 Å². The Bertz CT molecular complexity index is 1020. The molecule has 0 aliphatic carbocycles. The van der Waals surface area contributed by atoms with Gasteiger partial charge in [-0.1, -0.05) is 6.07 Å². The van der Waals surface area contributed by atoms with Gasteiger partial charge in [-0.15, -0.1) is 0 Å². The Balaban J connectivity index is 1.84. The van der Waals surface area contributed by atoms with E-state index in [1.54, 1.807) is 31.4 Å². The number of carbonyl (C=O) groups excluding carboxylic acids is 1. The number of aryl methyl sites for hydroxylation is 1. The molecule has 0 bridgehead atoms. The number of hydrogen-bond donors (Lipinski definition) is 1. The van der Waals surface area contributed by atoms with E-state index in [4.69, 9.17) is 9.47 Å². The molecule has 1 aliphatic rings. The fraction of sp³-hybridized carbons (Fsp3) is 0.111. The molecule has 6 heteroatoms. The Morgan fingerprint density at radius 3 is 2.88 bits per heavy atom. The van der Waals surface area contributed by atoms with Gasteiger partial charge in [0.05, 0.1) is 18.1 Å². The zero-order chi connectivity index (χ0) is 16.8. The van der Waals surface area contributed by atoms with E-state index in [0.717, 1.165) is 11.1 Å². The van der Waals surface area contributed by atoms with Crippen LogP contribution in [0, 0.1) is 0 Å². The van der Waals surface area contributed by atoms with Crippen LogP contribution < -0.4 is 9.47 Å². The van der Waals surface area contributed by atoms with E-state index in [-0.39, 0.29) is 22.9 Å². The minimum absolute atomic E-state index is 0.0846. The number of benzene rings is 1. The molecule has 2 aromatic heterocycles. The molecule has 0 unspecified atom stereocenters. The van der Waals surface area contributed by atoms with E-state index in [0.29, 0.717) is 17.1 Å². The summed E-state index contributed by atoms with van der Waals surface area (Å²) < 4.78 is 12.7. The fourth-order valence-electron chi connectivity index (χ4n) is 2.85. The van der Waals surface area contributed by atoms with Crippen LogP contribution in [-0.2, 0) is 7.05 Å². The topological polar surface area (TPSA) is 73.6 Å². The molecule has 120 valence electrons. The fourth-order valence-corrected chi connectivity index (χ4v) is 2.85. The Labute approximate surface area is 137 Å². The maximum absolute atomic E-state index is 12.5. The third kappa shape index (κ3) is 2.04. The van der Waals surface area contributed by atoms with Crippen LogP contribution in [0.25, 0.3) is 17.1 Å². The molecular weight excluding hydrogens is 308 g/mol. The molecule has 0 spiro atoms. The highest BCUT2D eigenvalue weighted by atomic mass is 16.5. The summed E-state index contributed by atoms with van der Waals surface area (Å²) in [5.74, 6) is 0.579. The number of hydrogen-bond acceptors (Lipinski definition) is 5. The van der Waals surface area contributed by atoms with Crippen LogP contribution in [0.2, 0.25) is 0 Å². The molecular formula is C18H14N2O4. The van der Waals surface area contributed by atoms with Gasteiger partial charge in [0.1, 0.15) is 17.1 Å². The molecule has 0 amide bonds. The molecule has 0 saturated heterocycles. The molecule has 3 aromatic rings. The Kier molecular flexibility index (Phi) is 3.06. The SMILES string of the molecule is COc1ccc2c(n1)c(/C=C1/Oc3cccc(O)c3C1=O)cn2C. The third-order valence-corrected chi connectivity index (χ3v) is 4.01. The van der Waals surface area contributed by atoms with E-state index >= 15 is 0 Å². The van der Waals surface area contributed by atoms with Crippen molar-refractivity contribution in [3.8, 4) is 17.4 Å². The summed E-state index contributed by atoms with van der Waals surface area (Å²) in [6, 6.07) is 8.44. The number of phenols is 1. The summed E-state index contributed by atoms with van der Waals surface area (Å²) in [6.07, 6.45) is 3.50. The number of aromatic nitrogens is 2. The van der Waals surface area contributed by atoms with Gasteiger partial charge >= 0.3 is 0 Å². The number of Topliss-reactive ketones (excluding diaryl/α,β-unsaturated/α-hetero) is 1. The molecule has 0 fully saturated rings. The van der Waals surface area contributed by atoms with Crippen LogP contribution in [0.15, 0.2) is 42.3 Å². The summed E-state index contributed by atoms with van der Waals surface area (Å²) in [5, 5.41) is 9.87. The molecule has 0 saturated carbocycles. The van der Waals surface area contributed by atoms with Gasteiger partial charge in [0.25, 0.3) is 0 Å². The van der Waals surface area contributed by atoms with Crippen LogP contribution in [0.5, 0.6) is 17.4 Å². The third-order valence-electron chi connectivity index (χ3n) is 4.01. The normalized spacial score (nSPS) is 14.9. The number of carbonyl (C=O) groups is 1. The first kappa shape index (κ1) is 14.3. The molecule has 3 heterocycles. The highest BCUT2D eigenvalue weighted by Crippen LogP contribution is 2.37. The van der Waals surface area contributed by atoms with E-state index in [1.807, 2.05) is 23.9 Å². The molecule has 6 nitrogen and oxygen atoms in total. The van der Waals surface area contributed by atoms with Gasteiger partial charge in [0.15, 0.2) is 5.76 Å². The lowest BCUT2D eigenvalue weighted by Gasteiger charge is -2.00. The summed E-state index contributed by atoms with van der Waals surface area (Å²) in [7, 11) is 3.45. The maximum Gasteiger partial charge on any atom is 0.235 e. The first-order valence-electron chi connectivity index (χ1n) is 7.35. The van der Waals surface area contributed by atoms with Crippen molar-refractivity contribution in [3.63, 3.8) is 0 Å². The van der Waals surface area contributed by atoms with Crippen LogP contribution >= 0.6 is 0 Å². The van der Waals surface area contributed by atoms with Crippen LogP contribution in [0.3, 0.4) is 0 Å². The van der Waals surface area contributed by atoms with Crippen molar-refractivity contribution in [2.75, 3.05) is 7.11 Å². The Morgan fingerprint density at radius 1 is 1.29 bits per heavy atom. The van der Waals surface area contributed by atoms with Gasteiger partial charge in [0.2, 0.25) is 11.7 Å². The largest absolute Gasteiger partial charge is 0.507 e. The van der Waals surface area contributed by atoms with Gasteiger partial charge in [-0.2, -0.15) is 0 Å². The second kappa shape index (κ2) is 5.13. The summed E-state index contributed by atoms with van der Waals surface area (Å²) in [6.45, 7) is 0. The summed E-state index contributed by atoms with van der Waals surface area (Å²) >= 11 is 0. The number of ketones is 1. The first-order chi connectivity index (χ1) is 11.6. The highest BCUT2D eigenvalue weighted by Gasteiger charge is 2.30. The minimum atomic E-state index is -0.344. The summed E-state index contributed by atoms with van der Waals surface area (Å²) in [4.78, 5) is 16.9. The van der Waals surface area contributed by atoms with Crippen molar-refractivity contribution in [2.45, 2.75) is 0 Å². The smallest absolute Gasteiger partial charge is 0.235 e. The lowest BCUT2D eigenvalue weighted by atomic mass is 10.1. The number of pyridine rings is 1. The Hall–Kier alpha value is -3.28. The maximum atomic E-state index is 12.5. The lowest BCUT2D eigenvalue weighted by Crippen LogP contribution is -1.98. The van der Waals surface area contributed by atoms with Crippen LogP contribution in [0.4, 0.5) is 0 Å². The number of nitrogens with zero attached hydrogens (tertiary/aromatic N) is 2. The average Bonchev–Trinajstić information content (AvgIpc) is 3.06. The van der Waals surface area contributed by atoms with Crippen molar-refractivity contribution in [2.24, 2.45) is 7.05 Å². The van der Waals surface area contributed by atoms with Crippen molar-refractivity contribution >= 4 is 22.9 Å². The lowest BCUT2D eigenvalue weighted by molar-refractivity contribution is 0.101. The number of aromatic hydroxyl groups is 1. The summed E-state index contributed by atoms with van der Waals surface area (Å²) in [5.41, 5.74) is 2.55. The van der Waals surface area contributed by atoms with E-state index in [2.05, 4.69) is 4.98 Å². The molecule has 1 aromatic carbocycles. The van der Waals surface area contributed by atoms with Crippen molar-refractivity contribution in [1.82, 2.24) is 9.55 Å². The van der Waals surface area contributed by atoms with Crippen molar-refractivity contribution in [1.29, 1.82) is 0 Å². The monoisotopic (exact) mass is 322 g/mol. The van der Waals surface area contributed by atoms with Gasteiger partial charge < -0.3 is 19.1 Å². The zero-order valence-electron chi connectivity index (χ0n) is 13.1. The molecule has 1 N–H and O–H groups in total. The molecule has 4 rings (SSSR count). The molecule has 24 heavy (non-hydrogen) atoms. The number of methoxy groups -OCH3 is 1. The molecule has 1 aliphatic heterocycles. The molecule has 0 atom stereocenters. The number of allylic oxidation sites excluding steroid dienone is 1. The van der Waals surface area contributed by atoms with E-state index < -0.39 is 0 Å². The van der Waals surface area contributed by atoms with E-state index in [9.17, 15) is 9.90 Å². The highest BCUT2D eigenvalue weighted by molar-refractivity contribution is 6.16. The average molecular weight is 322 g/mol. The second-order valence-electron chi connectivity index (χ2n) is 5.51. The number of rotatable bonds is 2. The number of fused-ring (bicyclic) bond motifs is 2. The van der Waals surface area contributed by atoms with Crippen LogP contribution in [0.1, 0.15) is 15.9 Å². The zero-order valence-corrected chi connectivity index (χ0v) is 13.1. The number of ether oxygens (including phenoxy) is 2. The van der Waals surface area contributed by atoms with Crippen LogP contribution in [-0.4, -0.2) is 27.6 Å². The standard InChI is InChI=1S/C18H14N2O4/c1-20-9-10(17-11(20)6-7-15(19-17)23-2)8-14-18(22)16-12(21)4-3-5-13(16)24-14/h3-9,21H,1-2H3/b14-8+. The van der Waals surface area contributed by atoms with Gasteiger partial charge in [0, 0.05) is 24.9 Å². The van der Waals surface area contributed by atoms with Gasteiger partial charge in [-0.05, 0) is 24.3 Å². The van der Waals surface area contributed by atoms with Gasteiger partial charge in [-0.25, -0.2) is 4.98 Å². The predicted molar refractivity (Wildman–Crippen MR) is 88.3 cm³/mol. The van der Waals surface area contributed by atoms with Crippen molar-refractivity contribution < 1.29 is 19.4 Å². The number of phenolic OH excluding ortho intramolecular Hbond substituents is 1. The molecule has 0 radical (unpaired) electrons. The minimum Gasteiger partial charge on any atom is -0.507 e. The van der Waals surface area contributed by atoms with Gasteiger partial charge in [-0.3, -0.25) is 4.79 Å². The quantitative estimate of drug-likeness (QED) is 0.734. The Morgan fingerprint density at radius 2 is 2.12 bits per heavy atom. The first-order valence-corrected chi connectivity index (χ1v) is 7.35.